The van der Waals surface area contributed by atoms with Gasteiger partial charge in [0.25, 0.3) is 5.91 Å². The average molecular weight is 299 g/mol. The highest BCUT2D eigenvalue weighted by Crippen LogP contribution is 2.19. The number of para-hydroxylation sites is 1. The molecule has 21 heavy (non-hydrogen) atoms. The number of fused-ring (bicyclic) bond motifs is 1. The molecule has 0 aliphatic heterocycles. The minimum Gasteiger partial charge on any atom is -0.337 e. The van der Waals surface area contributed by atoms with Gasteiger partial charge in [0.15, 0.2) is 5.69 Å². The summed E-state index contributed by atoms with van der Waals surface area (Å²) in [6.07, 6.45) is 0.863. The van der Waals surface area contributed by atoms with Crippen LogP contribution in [0.15, 0.2) is 41.8 Å². The second-order valence-electron chi connectivity index (χ2n) is 5.17. The molecule has 0 bridgehead atoms. The van der Waals surface area contributed by atoms with Gasteiger partial charge in [-0.1, -0.05) is 24.3 Å². The minimum absolute atomic E-state index is 0.0449. The molecule has 3 aromatic rings. The number of nitrogens with zero attached hydrogens (tertiary/aromatic N) is 2. The Balaban J connectivity index is 1.80. The first-order valence-corrected chi connectivity index (χ1v) is 7.77. The van der Waals surface area contributed by atoms with Gasteiger partial charge in [-0.3, -0.25) is 9.89 Å². The molecule has 5 heteroatoms. The Morgan fingerprint density at radius 2 is 2.14 bits per heavy atom. The van der Waals surface area contributed by atoms with Gasteiger partial charge in [0, 0.05) is 29.8 Å². The zero-order chi connectivity index (χ0) is 14.8. The summed E-state index contributed by atoms with van der Waals surface area (Å²) >= 11 is 1.72. The van der Waals surface area contributed by atoms with Gasteiger partial charge >= 0.3 is 0 Å². The van der Waals surface area contributed by atoms with Gasteiger partial charge in [-0.05, 0) is 24.4 Å². The number of nitrogens with one attached hydrogen (secondary N) is 1. The van der Waals surface area contributed by atoms with Gasteiger partial charge in [-0.2, -0.15) is 5.10 Å². The molecule has 3 rings (SSSR count). The Bertz CT molecular complexity index is 748. The number of aromatic amines is 1. The number of likely N-dealkylation sites (N-methyl/N-ethyl adjacent to an activating group) is 1. The number of amides is 1. The highest BCUT2D eigenvalue weighted by atomic mass is 32.1. The lowest BCUT2D eigenvalue weighted by Crippen LogP contribution is -2.36. The summed E-state index contributed by atoms with van der Waals surface area (Å²) in [6.45, 7) is 2.06. The topological polar surface area (TPSA) is 49.0 Å². The molecule has 0 fully saturated rings. The largest absolute Gasteiger partial charge is 0.337 e. The highest BCUT2D eigenvalue weighted by molar-refractivity contribution is 7.09. The predicted octanol–water partition coefficient (Wildman–Crippen LogP) is 3.33. The van der Waals surface area contributed by atoms with Gasteiger partial charge < -0.3 is 4.90 Å². The molecule has 2 aromatic heterocycles. The van der Waals surface area contributed by atoms with Crippen LogP contribution in [0, 0.1) is 0 Å². The summed E-state index contributed by atoms with van der Waals surface area (Å²) in [6, 6.07) is 12.0. The summed E-state index contributed by atoms with van der Waals surface area (Å²) in [5.74, 6) is -0.0449. The van der Waals surface area contributed by atoms with E-state index >= 15 is 0 Å². The third kappa shape index (κ3) is 2.69. The molecular formula is C16H17N3OS. The molecule has 4 nitrogen and oxygen atoms in total. The number of H-pyrrole nitrogens is 1. The first-order valence-electron chi connectivity index (χ1n) is 6.89. The van der Waals surface area contributed by atoms with E-state index in [2.05, 4.69) is 28.6 Å². The summed E-state index contributed by atoms with van der Waals surface area (Å²) < 4.78 is 0. The lowest BCUT2D eigenvalue weighted by atomic mass is 10.1. The maximum Gasteiger partial charge on any atom is 0.274 e. The van der Waals surface area contributed by atoms with Crippen LogP contribution in [0.5, 0.6) is 0 Å². The third-order valence-electron chi connectivity index (χ3n) is 3.73. The van der Waals surface area contributed by atoms with Crippen LogP contribution in [0.4, 0.5) is 0 Å². The second kappa shape index (κ2) is 5.69. The van der Waals surface area contributed by atoms with Crippen molar-refractivity contribution in [2.75, 3.05) is 7.05 Å². The quantitative estimate of drug-likeness (QED) is 0.803. The van der Waals surface area contributed by atoms with E-state index in [1.54, 1.807) is 16.2 Å². The van der Waals surface area contributed by atoms with Crippen LogP contribution < -0.4 is 0 Å². The lowest BCUT2D eigenvalue weighted by molar-refractivity contribution is 0.0740. The van der Waals surface area contributed by atoms with Crippen LogP contribution in [-0.4, -0.2) is 34.1 Å². The molecule has 2 heterocycles. The third-order valence-corrected chi connectivity index (χ3v) is 4.63. The molecule has 0 aliphatic carbocycles. The molecule has 0 aliphatic rings. The normalized spacial score (nSPS) is 12.5. The van der Waals surface area contributed by atoms with Crippen molar-refractivity contribution >= 4 is 28.1 Å². The van der Waals surface area contributed by atoms with Crippen molar-refractivity contribution < 1.29 is 4.79 Å². The lowest BCUT2D eigenvalue weighted by Gasteiger charge is -2.23. The predicted molar refractivity (Wildman–Crippen MR) is 85.7 cm³/mol. The van der Waals surface area contributed by atoms with Gasteiger partial charge in [-0.25, -0.2) is 0 Å². The van der Waals surface area contributed by atoms with E-state index in [0.717, 1.165) is 17.3 Å². The van der Waals surface area contributed by atoms with Crippen molar-refractivity contribution in [3.63, 3.8) is 0 Å². The number of thiophene rings is 1. The number of aromatic nitrogens is 2. The van der Waals surface area contributed by atoms with E-state index in [1.165, 1.54) is 4.88 Å². The number of benzene rings is 1. The number of hydrogen-bond acceptors (Lipinski definition) is 3. The van der Waals surface area contributed by atoms with Crippen LogP contribution in [0.3, 0.4) is 0 Å². The van der Waals surface area contributed by atoms with Crippen molar-refractivity contribution in [1.29, 1.82) is 0 Å². The maximum atomic E-state index is 12.6. The van der Waals surface area contributed by atoms with E-state index in [9.17, 15) is 4.79 Å². The van der Waals surface area contributed by atoms with E-state index in [-0.39, 0.29) is 11.9 Å². The van der Waals surface area contributed by atoms with Crippen LogP contribution >= 0.6 is 11.3 Å². The number of hydrogen-bond donors (Lipinski definition) is 1. The van der Waals surface area contributed by atoms with Gasteiger partial charge in [-0.15, -0.1) is 11.3 Å². The van der Waals surface area contributed by atoms with Crippen molar-refractivity contribution in [1.82, 2.24) is 15.1 Å². The van der Waals surface area contributed by atoms with Crippen LogP contribution in [-0.2, 0) is 6.42 Å². The van der Waals surface area contributed by atoms with Crippen molar-refractivity contribution in [2.24, 2.45) is 0 Å². The Morgan fingerprint density at radius 1 is 1.33 bits per heavy atom. The molecule has 1 amide bonds. The monoisotopic (exact) mass is 299 g/mol. The average Bonchev–Trinajstić information content (AvgIpc) is 3.14. The Labute approximate surface area is 127 Å². The van der Waals surface area contributed by atoms with Crippen molar-refractivity contribution in [3.05, 3.63) is 52.3 Å². The number of carbonyl (C=O) groups is 1. The Hall–Kier alpha value is -2.14. The first-order chi connectivity index (χ1) is 10.2. The Kier molecular flexibility index (Phi) is 3.75. The fraction of sp³-hybridized carbons (Fsp3) is 0.250. The fourth-order valence-corrected chi connectivity index (χ4v) is 3.18. The van der Waals surface area contributed by atoms with Crippen molar-refractivity contribution in [3.8, 4) is 0 Å². The smallest absolute Gasteiger partial charge is 0.274 e. The Morgan fingerprint density at radius 3 is 2.90 bits per heavy atom. The maximum absolute atomic E-state index is 12.6. The van der Waals surface area contributed by atoms with Crippen LogP contribution in [0.25, 0.3) is 10.9 Å². The molecule has 108 valence electrons. The van der Waals surface area contributed by atoms with Gasteiger partial charge in [0.05, 0.1) is 5.52 Å². The molecule has 1 aromatic carbocycles. The van der Waals surface area contributed by atoms with E-state index in [0.29, 0.717) is 5.69 Å². The van der Waals surface area contributed by atoms with E-state index in [4.69, 9.17) is 0 Å². The second-order valence-corrected chi connectivity index (χ2v) is 6.20. The standard InChI is InChI=1S/C16H17N3OS/c1-11(10-12-6-5-9-21-12)19(2)16(20)15-13-7-3-4-8-14(13)17-18-15/h3-9,11H,10H2,1-2H3,(H,17,18). The summed E-state index contributed by atoms with van der Waals surface area (Å²) in [4.78, 5) is 15.7. The van der Waals surface area contributed by atoms with Gasteiger partial charge in [0.2, 0.25) is 0 Å². The van der Waals surface area contributed by atoms with Crippen LogP contribution in [0.1, 0.15) is 22.3 Å². The number of rotatable bonds is 4. The van der Waals surface area contributed by atoms with Gasteiger partial charge in [0.1, 0.15) is 0 Å². The van der Waals surface area contributed by atoms with Crippen molar-refractivity contribution in [2.45, 2.75) is 19.4 Å². The SMILES string of the molecule is CC(Cc1cccs1)N(C)C(=O)c1n[nH]c2ccccc12. The molecule has 0 spiro atoms. The molecule has 0 radical (unpaired) electrons. The highest BCUT2D eigenvalue weighted by Gasteiger charge is 2.22. The molecule has 0 saturated heterocycles. The zero-order valence-electron chi connectivity index (χ0n) is 12.0. The minimum atomic E-state index is -0.0449. The van der Waals surface area contributed by atoms with Crippen LogP contribution in [0.2, 0.25) is 0 Å². The summed E-state index contributed by atoms with van der Waals surface area (Å²) in [5.41, 5.74) is 1.38. The summed E-state index contributed by atoms with van der Waals surface area (Å²) in [7, 11) is 1.84. The number of carbonyl (C=O) groups excluding carboxylic acids is 1. The molecule has 1 atom stereocenters. The molecular weight excluding hydrogens is 282 g/mol. The summed E-state index contributed by atoms with van der Waals surface area (Å²) in [5, 5.41) is 10.0. The molecule has 1 unspecified atom stereocenters. The van der Waals surface area contributed by atoms with E-state index in [1.807, 2.05) is 37.4 Å². The zero-order valence-corrected chi connectivity index (χ0v) is 12.9. The molecule has 0 saturated carbocycles. The fourth-order valence-electron chi connectivity index (χ4n) is 2.35. The molecule has 1 N–H and O–H groups in total. The first kappa shape index (κ1) is 13.8. The van der Waals surface area contributed by atoms with E-state index < -0.39 is 0 Å².